The van der Waals surface area contributed by atoms with Gasteiger partial charge in [0.2, 0.25) is 5.91 Å². The Morgan fingerprint density at radius 1 is 1.44 bits per heavy atom. The van der Waals surface area contributed by atoms with Gasteiger partial charge in [-0.3, -0.25) is 4.79 Å². The quantitative estimate of drug-likeness (QED) is 0.839. The van der Waals surface area contributed by atoms with E-state index in [0.717, 1.165) is 18.6 Å². The van der Waals surface area contributed by atoms with Crippen molar-refractivity contribution in [2.75, 3.05) is 12.4 Å². The van der Waals surface area contributed by atoms with E-state index in [9.17, 15) is 4.79 Å². The molecule has 0 aliphatic rings. The van der Waals surface area contributed by atoms with Crippen molar-refractivity contribution in [1.82, 2.24) is 0 Å². The van der Waals surface area contributed by atoms with Crippen LogP contribution in [0.4, 0.5) is 5.69 Å². The molecular weight excluding hydrogens is 228 g/mol. The molecule has 96 valence electrons. The molecule has 0 bridgehead atoms. The van der Waals surface area contributed by atoms with E-state index in [4.69, 9.17) is 10.00 Å². The third-order valence-electron chi connectivity index (χ3n) is 2.63. The lowest BCUT2D eigenvalue weighted by atomic mass is 10.0. The van der Waals surface area contributed by atoms with Crippen molar-refractivity contribution < 1.29 is 9.53 Å². The Kier molecular flexibility index (Phi) is 5.72. The first-order valence-corrected chi connectivity index (χ1v) is 6.03. The van der Waals surface area contributed by atoms with Gasteiger partial charge >= 0.3 is 0 Å². The zero-order chi connectivity index (χ0) is 13.4. The highest BCUT2D eigenvalue weighted by molar-refractivity contribution is 5.91. The van der Waals surface area contributed by atoms with Crippen LogP contribution in [-0.4, -0.2) is 13.0 Å². The summed E-state index contributed by atoms with van der Waals surface area (Å²) in [6.45, 7) is 2.01. The molecule has 0 aromatic heterocycles. The summed E-state index contributed by atoms with van der Waals surface area (Å²) in [6.07, 6.45) is 1.91. The Bertz CT molecular complexity index is 420. The van der Waals surface area contributed by atoms with Crippen LogP contribution in [0, 0.1) is 17.2 Å². The van der Waals surface area contributed by atoms with Crippen molar-refractivity contribution in [2.24, 2.45) is 5.92 Å². The van der Waals surface area contributed by atoms with Crippen LogP contribution in [0.2, 0.25) is 0 Å². The number of amides is 1. The first-order valence-electron chi connectivity index (χ1n) is 6.03. The topological polar surface area (TPSA) is 62.1 Å². The number of ether oxygens (including phenoxy) is 1. The molecule has 0 saturated heterocycles. The molecule has 18 heavy (non-hydrogen) atoms. The van der Waals surface area contributed by atoms with Gasteiger partial charge in [-0.1, -0.05) is 13.3 Å². The Morgan fingerprint density at radius 3 is 2.61 bits per heavy atom. The van der Waals surface area contributed by atoms with E-state index in [0.29, 0.717) is 5.69 Å². The molecule has 1 atom stereocenters. The molecule has 1 N–H and O–H groups in total. The van der Waals surface area contributed by atoms with Crippen LogP contribution in [0.15, 0.2) is 24.3 Å². The number of rotatable bonds is 6. The molecule has 0 radical (unpaired) electrons. The fourth-order valence-electron chi connectivity index (χ4n) is 1.67. The van der Waals surface area contributed by atoms with Crippen molar-refractivity contribution in [2.45, 2.75) is 26.2 Å². The zero-order valence-electron chi connectivity index (χ0n) is 10.8. The summed E-state index contributed by atoms with van der Waals surface area (Å²) in [5.41, 5.74) is 0.717. The van der Waals surface area contributed by atoms with Crippen LogP contribution in [-0.2, 0) is 4.79 Å². The van der Waals surface area contributed by atoms with Gasteiger partial charge in [0.05, 0.1) is 19.1 Å². The Balaban J connectivity index is 2.51. The van der Waals surface area contributed by atoms with Crippen LogP contribution in [0.3, 0.4) is 0 Å². The maximum absolute atomic E-state index is 11.7. The van der Waals surface area contributed by atoms with Gasteiger partial charge in [0.25, 0.3) is 0 Å². The Labute approximate surface area is 108 Å². The average molecular weight is 246 g/mol. The zero-order valence-corrected chi connectivity index (χ0v) is 10.8. The average Bonchev–Trinajstić information content (AvgIpc) is 2.39. The highest BCUT2D eigenvalue weighted by Crippen LogP contribution is 2.16. The molecular formula is C14H18N2O2. The van der Waals surface area contributed by atoms with E-state index in [-0.39, 0.29) is 18.2 Å². The number of nitrogens with one attached hydrogen (secondary N) is 1. The van der Waals surface area contributed by atoms with E-state index in [1.807, 2.05) is 6.92 Å². The van der Waals surface area contributed by atoms with E-state index in [1.54, 1.807) is 31.4 Å². The lowest BCUT2D eigenvalue weighted by Gasteiger charge is -2.09. The summed E-state index contributed by atoms with van der Waals surface area (Å²) in [5.74, 6) is 0.419. The standard InChI is InChI=1S/C14H18N2O2/c1-3-4-11(10-15)9-14(17)16-12-5-7-13(18-2)8-6-12/h5-8,11H,3-4,9H2,1-2H3,(H,16,17). The molecule has 0 aliphatic carbocycles. The number of hydrogen-bond acceptors (Lipinski definition) is 3. The molecule has 1 aromatic carbocycles. The maximum atomic E-state index is 11.7. The normalized spacial score (nSPS) is 11.4. The minimum Gasteiger partial charge on any atom is -0.497 e. The van der Waals surface area contributed by atoms with Gasteiger partial charge in [0.15, 0.2) is 0 Å². The summed E-state index contributed by atoms with van der Waals surface area (Å²) in [4.78, 5) is 11.7. The minimum absolute atomic E-state index is 0.125. The number of hydrogen-bond donors (Lipinski definition) is 1. The maximum Gasteiger partial charge on any atom is 0.225 e. The van der Waals surface area contributed by atoms with Crippen molar-refractivity contribution in [1.29, 1.82) is 5.26 Å². The van der Waals surface area contributed by atoms with Gasteiger partial charge in [-0.15, -0.1) is 0 Å². The van der Waals surface area contributed by atoms with E-state index < -0.39 is 0 Å². The van der Waals surface area contributed by atoms with Crippen LogP contribution in [0.5, 0.6) is 5.75 Å². The summed E-state index contributed by atoms with van der Waals surface area (Å²) in [7, 11) is 1.59. The highest BCUT2D eigenvalue weighted by atomic mass is 16.5. The number of methoxy groups -OCH3 is 1. The summed E-state index contributed by atoms with van der Waals surface area (Å²) < 4.78 is 5.03. The molecule has 0 fully saturated rings. The highest BCUT2D eigenvalue weighted by Gasteiger charge is 2.12. The SMILES string of the molecule is CCCC(C#N)CC(=O)Nc1ccc(OC)cc1. The van der Waals surface area contributed by atoms with Gasteiger partial charge in [-0.25, -0.2) is 0 Å². The molecule has 0 spiro atoms. The number of nitrogens with zero attached hydrogens (tertiary/aromatic N) is 1. The molecule has 4 nitrogen and oxygen atoms in total. The number of carbonyl (C=O) groups is 1. The van der Waals surface area contributed by atoms with Crippen LogP contribution in [0.1, 0.15) is 26.2 Å². The minimum atomic E-state index is -0.201. The van der Waals surface area contributed by atoms with Crippen molar-refractivity contribution in [3.05, 3.63) is 24.3 Å². The first kappa shape index (κ1) is 14.0. The lowest BCUT2D eigenvalue weighted by molar-refractivity contribution is -0.116. The fraction of sp³-hybridized carbons (Fsp3) is 0.429. The molecule has 1 aromatic rings. The number of anilines is 1. The Morgan fingerprint density at radius 2 is 2.11 bits per heavy atom. The van der Waals surface area contributed by atoms with Gasteiger partial charge < -0.3 is 10.1 Å². The molecule has 0 heterocycles. The van der Waals surface area contributed by atoms with E-state index >= 15 is 0 Å². The molecule has 1 amide bonds. The van der Waals surface area contributed by atoms with Crippen molar-refractivity contribution in [3.63, 3.8) is 0 Å². The predicted octanol–water partition coefficient (Wildman–Crippen LogP) is 2.96. The third kappa shape index (κ3) is 4.46. The van der Waals surface area contributed by atoms with Crippen LogP contribution in [0.25, 0.3) is 0 Å². The summed E-state index contributed by atoms with van der Waals surface area (Å²) in [6, 6.07) is 9.27. The molecule has 0 aliphatic heterocycles. The van der Waals surface area contributed by atoms with Gasteiger partial charge in [0.1, 0.15) is 5.75 Å². The van der Waals surface area contributed by atoms with Crippen molar-refractivity contribution in [3.8, 4) is 11.8 Å². The van der Waals surface area contributed by atoms with Crippen LogP contribution >= 0.6 is 0 Å². The van der Waals surface area contributed by atoms with Gasteiger partial charge in [-0.05, 0) is 30.7 Å². The monoisotopic (exact) mass is 246 g/mol. The second-order valence-electron chi connectivity index (χ2n) is 4.10. The van der Waals surface area contributed by atoms with Crippen molar-refractivity contribution >= 4 is 11.6 Å². The lowest BCUT2D eigenvalue weighted by Crippen LogP contribution is -2.15. The number of benzene rings is 1. The number of carbonyl (C=O) groups excluding carboxylic acids is 1. The molecule has 1 unspecified atom stereocenters. The van der Waals surface area contributed by atoms with Crippen LogP contribution < -0.4 is 10.1 Å². The second kappa shape index (κ2) is 7.33. The largest absolute Gasteiger partial charge is 0.497 e. The Hall–Kier alpha value is -2.02. The second-order valence-corrected chi connectivity index (χ2v) is 4.10. The third-order valence-corrected chi connectivity index (χ3v) is 2.63. The molecule has 4 heteroatoms. The smallest absolute Gasteiger partial charge is 0.225 e. The molecule has 1 rings (SSSR count). The predicted molar refractivity (Wildman–Crippen MR) is 70.3 cm³/mol. The number of nitriles is 1. The van der Waals surface area contributed by atoms with Gasteiger partial charge in [-0.2, -0.15) is 5.26 Å². The summed E-state index contributed by atoms with van der Waals surface area (Å²) >= 11 is 0. The fourth-order valence-corrected chi connectivity index (χ4v) is 1.67. The summed E-state index contributed by atoms with van der Waals surface area (Å²) in [5, 5.41) is 11.7. The molecule has 0 saturated carbocycles. The van der Waals surface area contributed by atoms with Gasteiger partial charge in [0, 0.05) is 12.1 Å². The van der Waals surface area contributed by atoms with E-state index in [2.05, 4.69) is 11.4 Å². The van der Waals surface area contributed by atoms with E-state index in [1.165, 1.54) is 0 Å². The first-order chi connectivity index (χ1) is 8.69.